The number of allylic oxidation sites excluding steroid dienone is 2. The molecular formula is C16H24. The zero-order valence-corrected chi connectivity index (χ0v) is 10.4. The van der Waals surface area contributed by atoms with Crippen LogP contribution in [-0.4, -0.2) is 0 Å². The third-order valence-electron chi connectivity index (χ3n) is 4.02. The van der Waals surface area contributed by atoms with Gasteiger partial charge in [0.05, 0.1) is 0 Å². The minimum absolute atomic E-state index is 0.793. The van der Waals surface area contributed by atoms with E-state index in [9.17, 15) is 0 Å². The summed E-state index contributed by atoms with van der Waals surface area (Å²) in [4.78, 5) is 0. The fourth-order valence-corrected chi connectivity index (χ4v) is 2.93. The predicted octanol–water partition coefficient (Wildman–Crippen LogP) is 5.01. The SMILES string of the molecule is C(=C=CC1CCCCC1)=CC1CCCCC1. The number of hydrogen-bond acceptors (Lipinski definition) is 0. The molecule has 0 aromatic heterocycles. The molecule has 16 heavy (non-hydrogen) atoms. The molecule has 0 aromatic rings. The van der Waals surface area contributed by atoms with Gasteiger partial charge in [-0.05, 0) is 49.7 Å². The van der Waals surface area contributed by atoms with E-state index in [4.69, 9.17) is 0 Å². The Hall–Kier alpha value is -0.700. The molecule has 0 aliphatic heterocycles. The second kappa shape index (κ2) is 6.79. The van der Waals surface area contributed by atoms with Crippen molar-refractivity contribution in [1.82, 2.24) is 0 Å². The molecule has 0 unspecified atom stereocenters. The van der Waals surface area contributed by atoms with E-state index in [0.717, 1.165) is 11.8 Å². The van der Waals surface area contributed by atoms with Gasteiger partial charge < -0.3 is 0 Å². The average molecular weight is 216 g/mol. The first kappa shape index (κ1) is 11.8. The lowest BCUT2D eigenvalue weighted by Crippen LogP contribution is -2.02. The van der Waals surface area contributed by atoms with Crippen LogP contribution in [0.15, 0.2) is 23.6 Å². The minimum Gasteiger partial charge on any atom is -0.0747 e. The van der Waals surface area contributed by atoms with E-state index in [1.165, 1.54) is 64.2 Å². The molecule has 0 radical (unpaired) electrons. The summed E-state index contributed by atoms with van der Waals surface area (Å²) in [7, 11) is 0. The smallest absolute Gasteiger partial charge is 0.0151 e. The van der Waals surface area contributed by atoms with Crippen LogP contribution in [0.5, 0.6) is 0 Å². The minimum atomic E-state index is 0.793. The van der Waals surface area contributed by atoms with Crippen molar-refractivity contribution in [2.75, 3.05) is 0 Å². The maximum Gasteiger partial charge on any atom is -0.0151 e. The first-order valence-electron chi connectivity index (χ1n) is 7.13. The maximum absolute atomic E-state index is 3.27. The molecule has 2 rings (SSSR count). The van der Waals surface area contributed by atoms with E-state index in [2.05, 4.69) is 23.6 Å². The van der Waals surface area contributed by atoms with Crippen molar-refractivity contribution in [2.24, 2.45) is 11.8 Å². The van der Waals surface area contributed by atoms with Crippen LogP contribution in [0, 0.1) is 11.8 Å². The molecule has 2 saturated carbocycles. The highest BCUT2D eigenvalue weighted by Crippen LogP contribution is 2.25. The van der Waals surface area contributed by atoms with E-state index >= 15 is 0 Å². The van der Waals surface area contributed by atoms with Crippen LogP contribution in [0.1, 0.15) is 64.2 Å². The van der Waals surface area contributed by atoms with Crippen LogP contribution in [0.3, 0.4) is 0 Å². The standard InChI is InChI=1S/C16H24/c1-3-9-15(10-4-1)13-7-8-14-16-11-5-2-6-12-16/h13-16H,1-6,9-12H2. The van der Waals surface area contributed by atoms with E-state index in [0.29, 0.717) is 0 Å². The fourth-order valence-electron chi connectivity index (χ4n) is 2.93. The summed E-state index contributed by atoms with van der Waals surface area (Å²) >= 11 is 0. The molecule has 0 bridgehead atoms. The largest absolute Gasteiger partial charge is 0.0747 e. The van der Waals surface area contributed by atoms with Crippen molar-refractivity contribution < 1.29 is 0 Å². The van der Waals surface area contributed by atoms with Gasteiger partial charge >= 0.3 is 0 Å². The topological polar surface area (TPSA) is 0 Å². The number of hydrogen-bond donors (Lipinski definition) is 0. The highest BCUT2D eigenvalue weighted by atomic mass is 14.1. The van der Waals surface area contributed by atoms with Crippen LogP contribution in [-0.2, 0) is 0 Å². The number of rotatable bonds is 2. The van der Waals surface area contributed by atoms with Gasteiger partial charge in [-0.1, -0.05) is 50.0 Å². The van der Waals surface area contributed by atoms with Gasteiger partial charge in [-0.25, -0.2) is 0 Å². The molecular weight excluding hydrogens is 192 g/mol. The molecule has 0 aromatic carbocycles. The van der Waals surface area contributed by atoms with Crippen molar-refractivity contribution in [3.63, 3.8) is 0 Å². The molecule has 0 nitrogen and oxygen atoms in total. The van der Waals surface area contributed by atoms with Crippen molar-refractivity contribution in [3.8, 4) is 0 Å². The molecule has 0 heterocycles. The summed E-state index contributed by atoms with van der Waals surface area (Å²) < 4.78 is 0. The molecule has 0 atom stereocenters. The van der Waals surface area contributed by atoms with Gasteiger partial charge in [0, 0.05) is 0 Å². The highest BCUT2D eigenvalue weighted by Gasteiger charge is 2.10. The molecule has 2 aliphatic rings. The van der Waals surface area contributed by atoms with E-state index < -0.39 is 0 Å². The molecule has 0 heteroatoms. The van der Waals surface area contributed by atoms with E-state index in [1.807, 2.05) is 0 Å². The predicted molar refractivity (Wildman–Crippen MR) is 69.3 cm³/mol. The van der Waals surface area contributed by atoms with Gasteiger partial charge in [0.15, 0.2) is 0 Å². The van der Waals surface area contributed by atoms with E-state index in [-0.39, 0.29) is 0 Å². The van der Waals surface area contributed by atoms with Crippen molar-refractivity contribution in [1.29, 1.82) is 0 Å². The fraction of sp³-hybridized carbons (Fsp3) is 0.750. The quantitative estimate of drug-likeness (QED) is 0.569. The first-order chi connectivity index (χ1) is 7.95. The van der Waals surface area contributed by atoms with Crippen LogP contribution in [0.4, 0.5) is 0 Å². The Morgan fingerprint density at radius 3 is 1.31 bits per heavy atom. The Bertz CT molecular complexity index is 245. The van der Waals surface area contributed by atoms with Crippen molar-refractivity contribution in [3.05, 3.63) is 23.6 Å². The summed E-state index contributed by atoms with van der Waals surface area (Å²) in [6, 6.07) is 0. The summed E-state index contributed by atoms with van der Waals surface area (Å²) in [5, 5.41) is 0. The monoisotopic (exact) mass is 216 g/mol. The van der Waals surface area contributed by atoms with Crippen LogP contribution in [0.25, 0.3) is 0 Å². The van der Waals surface area contributed by atoms with Gasteiger partial charge in [0.2, 0.25) is 0 Å². The van der Waals surface area contributed by atoms with Crippen LogP contribution >= 0.6 is 0 Å². The maximum atomic E-state index is 3.27. The average Bonchev–Trinajstić information content (AvgIpc) is 2.37. The van der Waals surface area contributed by atoms with Crippen LogP contribution < -0.4 is 0 Å². The summed E-state index contributed by atoms with van der Waals surface area (Å²) in [6.07, 6.45) is 18.5. The third kappa shape index (κ3) is 4.05. The van der Waals surface area contributed by atoms with Gasteiger partial charge in [0.25, 0.3) is 0 Å². The molecule has 2 fully saturated rings. The second-order valence-corrected chi connectivity index (χ2v) is 5.42. The Balaban J connectivity index is 1.81. The van der Waals surface area contributed by atoms with Crippen molar-refractivity contribution >= 4 is 0 Å². The molecule has 0 spiro atoms. The van der Waals surface area contributed by atoms with Crippen molar-refractivity contribution in [2.45, 2.75) is 64.2 Å². The molecule has 0 amide bonds. The Kier molecular flexibility index (Phi) is 5.00. The summed E-state index contributed by atoms with van der Waals surface area (Å²) in [5.74, 6) is 1.59. The Morgan fingerprint density at radius 2 is 0.938 bits per heavy atom. The molecule has 0 saturated heterocycles. The Labute approximate surface area is 100 Å². The lowest BCUT2D eigenvalue weighted by Gasteiger charge is -2.16. The first-order valence-corrected chi connectivity index (χ1v) is 7.13. The summed E-state index contributed by atoms with van der Waals surface area (Å²) in [6.45, 7) is 0. The van der Waals surface area contributed by atoms with E-state index in [1.54, 1.807) is 0 Å². The summed E-state index contributed by atoms with van der Waals surface area (Å²) in [5.41, 5.74) is 6.54. The molecule has 2 aliphatic carbocycles. The van der Waals surface area contributed by atoms with Crippen LogP contribution in [0.2, 0.25) is 0 Å². The van der Waals surface area contributed by atoms with Gasteiger partial charge in [-0.2, -0.15) is 0 Å². The van der Waals surface area contributed by atoms with Gasteiger partial charge in [0.1, 0.15) is 0 Å². The van der Waals surface area contributed by atoms with Gasteiger partial charge in [-0.15, -0.1) is 0 Å². The van der Waals surface area contributed by atoms with Gasteiger partial charge in [-0.3, -0.25) is 0 Å². The third-order valence-corrected chi connectivity index (χ3v) is 4.02. The molecule has 88 valence electrons. The highest BCUT2D eigenvalue weighted by molar-refractivity contribution is 4.94. The second-order valence-electron chi connectivity index (χ2n) is 5.42. The zero-order valence-electron chi connectivity index (χ0n) is 10.4. The normalized spacial score (nSPS) is 23.2. The lowest BCUT2D eigenvalue weighted by molar-refractivity contribution is 0.418. The molecule has 0 N–H and O–H groups in total. The lowest BCUT2D eigenvalue weighted by atomic mass is 9.89. The Morgan fingerprint density at radius 1 is 0.562 bits per heavy atom. The zero-order chi connectivity index (χ0) is 11.1.